The van der Waals surface area contributed by atoms with Crippen molar-refractivity contribution in [3.8, 4) is 5.88 Å². The summed E-state index contributed by atoms with van der Waals surface area (Å²) in [6.45, 7) is 0. The summed E-state index contributed by atoms with van der Waals surface area (Å²) in [6, 6.07) is 7.89. The molecule has 0 bridgehead atoms. The lowest BCUT2D eigenvalue weighted by Gasteiger charge is -2.12. The number of carbonyl (C=O) groups is 1. The summed E-state index contributed by atoms with van der Waals surface area (Å²) >= 11 is 0. The maximum absolute atomic E-state index is 13.4. The van der Waals surface area contributed by atoms with Gasteiger partial charge in [-0.3, -0.25) is 9.20 Å². The Morgan fingerprint density at radius 2 is 1.88 bits per heavy atom. The molecule has 3 rings (SSSR count). The van der Waals surface area contributed by atoms with E-state index in [0.717, 1.165) is 12.1 Å². The summed E-state index contributed by atoms with van der Waals surface area (Å²) < 4.78 is 27.6. The smallest absolute Gasteiger partial charge is 0.345 e. The Kier molecular flexibility index (Phi) is 3.76. The third-order valence-electron chi connectivity index (χ3n) is 3.70. The van der Waals surface area contributed by atoms with Crippen LogP contribution in [0.2, 0.25) is 0 Å². The topological polar surface area (TPSA) is 79.0 Å². The predicted octanol–water partition coefficient (Wildman–Crippen LogP) is 2.57. The van der Waals surface area contributed by atoms with Gasteiger partial charge in [-0.2, -0.15) is 0 Å². The molecule has 0 aliphatic heterocycles. The van der Waals surface area contributed by atoms with Crippen LogP contribution in [-0.2, 0) is 6.42 Å². The van der Waals surface area contributed by atoms with Crippen LogP contribution < -0.4 is 5.43 Å². The van der Waals surface area contributed by atoms with Crippen LogP contribution in [0.25, 0.3) is 5.52 Å². The molecule has 3 aromatic rings. The standard InChI is InChI=1S/C17H11F2NO4/c18-11-5-4-9(8-12(11)19)7-10-13-3-1-2-6-20(13)16(22)14(15(10)21)17(23)24/h1-6,8,22H,7H2,(H,23,24). The van der Waals surface area contributed by atoms with Crippen LogP contribution in [0.15, 0.2) is 47.4 Å². The maximum Gasteiger partial charge on any atom is 0.345 e. The fourth-order valence-electron chi connectivity index (χ4n) is 2.58. The number of nitrogens with zero attached hydrogens (tertiary/aromatic N) is 1. The van der Waals surface area contributed by atoms with Crippen molar-refractivity contribution < 1.29 is 23.8 Å². The Morgan fingerprint density at radius 1 is 1.12 bits per heavy atom. The molecule has 0 aliphatic carbocycles. The van der Waals surface area contributed by atoms with Crippen LogP contribution in [0.1, 0.15) is 21.5 Å². The summed E-state index contributed by atoms with van der Waals surface area (Å²) in [6.07, 6.45) is 1.30. The Balaban J connectivity index is 2.28. The quantitative estimate of drug-likeness (QED) is 0.773. The number of halogens is 2. The first-order chi connectivity index (χ1) is 11.4. The lowest BCUT2D eigenvalue weighted by molar-refractivity contribution is 0.0691. The van der Waals surface area contributed by atoms with Gasteiger partial charge in [0.15, 0.2) is 17.2 Å². The van der Waals surface area contributed by atoms with E-state index in [1.165, 1.54) is 22.7 Å². The van der Waals surface area contributed by atoms with Crippen molar-refractivity contribution in [1.29, 1.82) is 0 Å². The predicted molar refractivity (Wildman–Crippen MR) is 81.5 cm³/mol. The first kappa shape index (κ1) is 15.7. The van der Waals surface area contributed by atoms with E-state index in [1.54, 1.807) is 12.1 Å². The van der Waals surface area contributed by atoms with Gasteiger partial charge in [0.25, 0.3) is 0 Å². The SMILES string of the molecule is O=C(O)c1c(O)n2ccccc2c(Cc2ccc(F)c(F)c2)c1=O. The van der Waals surface area contributed by atoms with E-state index in [0.29, 0.717) is 5.56 Å². The second kappa shape index (κ2) is 5.77. The molecule has 0 fully saturated rings. The highest BCUT2D eigenvalue weighted by Crippen LogP contribution is 2.22. The van der Waals surface area contributed by atoms with Gasteiger partial charge < -0.3 is 10.2 Å². The minimum Gasteiger partial charge on any atom is -0.493 e. The summed E-state index contributed by atoms with van der Waals surface area (Å²) in [7, 11) is 0. The maximum atomic E-state index is 13.4. The average Bonchev–Trinajstić information content (AvgIpc) is 2.54. The highest BCUT2D eigenvalue weighted by Gasteiger charge is 2.22. The van der Waals surface area contributed by atoms with E-state index in [9.17, 15) is 28.6 Å². The van der Waals surface area contributed by atoms with E-state index >= 15 is 0 Å². The normalized spacial score (nSPS) is 10.9. The van der Waals surface area contributed by atoms with Crippen LogP contribution in [0, 0.1) is 11.6 Å². The molecule has 0 radical (unpaired) electrons. The van der Waals surface area contributed by atoms with E-state index < -0.39 is 34.5 Å². The van der Waals surface area contributed by atoms with Crippen LogP contribution in [0.3, 0.4) is 0 Å². The molecule has 0 spiro atoms. The first-order valence-corrected chi connectivity index (χ1v) is 6.92. The molecule has 2 N–H and O–H groups in total. The summed E-state index contributed by atoms with van der Waals surface area (Å²) in [5.74, 6) is -4.33. The highest BCUT2D eigenvalue weighted by atomic mass is 19.2. The Morgan fingerprint density at radius 3 is 2.54 bits per heavy atom. The van der Waals surface area contributed by atoms with Gasteiger partial charge in [-0.15, -0.1) is 0 Å². The van der Waals surface area contributed by atoms with Crippen LogP contribution in [0.4, 0.5) is 8.78 Å². The Bertz CT molecular complexity index is 1030. The lowest BCUT2D eigenvalue weighted by atomic mass is 10.0. The molecule has 7 heteroatoms. The lowest BCUT2D eigenvalue weighted by Crippen LogP contribution is -2.22. The molecule has 24 heavy (non-hydrogen) atoms. The summed E-state index contributed by atoms with van der Waals surface area (Å²) in [4.78, 5) is 23.8. The number of hydrogen-bond acceptors (Lipinski definition) is 3. The fraction of sp³-hybridized carbons (Fsp3) is 0.0588. The molecular formula is C17H11F2NO4. The van der Waals surface area contributed by atoms with Gasteiger partial charge in [0, 0.05) is 18.2 Å². The van der Waals surface area contributed by atoms with E-state index in [-0.39, 0.29) is 17.5 Å². The second-order valence-electron chi connectivity index (χ2n) is 5.19. The molecule has 0 saturated heterocycles. The van der Waals surface area contributed by atoms with Gasteiger partial charge in [-0.1, -0.05) is 12.1 Å². The molecule has 0 saturated carbocycles. The number of hydrogen-bond donors (Lipinski definition) is 2. The van der Waals surface area contributed by atoms with Gasteiger partial charge in [0.1, 0.15) is 0 Å². The molecule has 5 nitrogen and oxygen atoms in total. The van der Waals surface area contributed by atoms with Crippen LogP contribution in [-0.4, -0.2) is 20.6 Å². The van der Waals surface area contributed by atoms with Crippen LogP contribution in [0.5, 0.6) is 5.88 Å². The zero-order chi connectivity index (χ0) is 17.4. The van der Waals surface area contributed by atoms with Gasteiger partial charge in [0.05, 0.1) is 5.52 Å². The van der Waals surface area contributed by atoms with Crippen molar-refractivity contribution in [1.82, 2.24) is 4.40 Å². The number of fused-ring (bicyclic) bond motifs is 1. The van der Waals surface area contributed by atoms with Crippen LogP contribution >= 0.6 is 0 Å². The third-order valence-corrected chi connectivity index (χ3v) is 3.70. The number of benzene rings is 1. The van der Waals surface area contributed by atoms with Crippen molar-refractivity contribution in [2.24, 2.45) is 0 Å². The minimum absolute atomic E-state index is 0.0665. The van der Waals surface area contributed by atoms with Crippen molar-refractivity contribution in [2.75, 3.05) is 0 Å². The number of aromatic nitrogens is 1. The fourth-order valence-corrected chi connectivity index (χ4v) is 2.58. The average molecular weight is 331 g/mol. The number of rotatable bonds is 3. The van der Waals surface area contributed by atoms with Gasteiger partial charge in [-0.05, 0) is 29.8 Å². The molecule has 0 amide bonds. The molecule has 0 unspecified atom stereocenters. The van der Waals surface area contributed by atoms with Gasteiger partial charge in [0.2, 0.25) is 11.3 Å². The first-order valence-electron chi connectivity index (χ1n) is 6.92. The number of carboxylic acids is 1. The Labute approximate surface area is 134 Å². The largest absolute Gasteiger partial charge is 0.493 e. The number of aromatic carboxylic acids is 1. The molecule has 1 aromatic carbocycles. The third kappa shape index (κ3) is 2.50. The van der Waals surface area contributed by atoms with E-state index in [4.69, 9.17) is 0 Å². The van der Waals surface area contributed by atoms with E-state index in [1.807, 2.05) is 0 Å². The molecule has 2 heterocycles. The van der Waals surface area contributed by atoms with Gasteiger partial charge >= 0.3 is 5.97 Å². The van der Waals surface area contributed by atoms with E-state index in [2.05, 4.69) is 0 Å². The summed E-state index contributed by atoms with van der Waals surface area (Å²) in [5.41, 5.74) is -0.975. The highest BCUT2D eigenvalue weighted by molar-refractivity contribution is 5.91. The van der Waals surface area contributed by atoms with Crippen molar-refractivity contribution in [3.63, 3.8) is 0 Å². The number of aromatic hydroxyl groups is 1. The molecule has 0 atom stereocenters. The number of carboxylic acid groups (broad SMARTS) is 1. The zero-order valence-electron chi connectivity index (χ0n) is 12.2. The van der Waals surface area contributed by atoms with Crippen molar-refractivity contribution >= 4 is 11.5 Å². The number of pyridine rings is 2. The minimum atomic E-state index is -1.57. The zero-order valence-corrected chi connectivity index (χ0v) is 12.2. The summed E-state index contributed by atoms with van der Waals surface area (Å²) in [5, 5.41) is 19.2. The van der Waals surface area contributed by atoms with Crippen molar-refractivity contribution in [2.45, 2.75) is 6.42 Å². The van der Waals surface area contributed by atoms with Crippen molar-refractivity contribution in [3.05, 3.63) is 81.1 Å². The monoisotopic (exact) mass is 331 g/mol. The Hall–Kier alpha value is -3.22. The molecule has 0 aliphatic rings. The molecule has 122 valence electrons. The molecular weight excluding hydrogens is 320 g/mol. The van der Waals surface area contributed by atoms with Gasteiger partial charge in [-0.25, -0.2) is 13.6 Å². The second-order valence-corrected chi connectivity index (χ2v) is 5.19. The molecule has 2 aromatic heterocycles.